The number of aryl methyl sites for hydroxylation is 1. The lowest BCUT2D eigenvalue weighted by Crippen LogP contribution is -2.55. The van der Waals surface area contributed by atoms with Crippen LogP contribution in [0.15, 0.2) is 77.7 Å². The van der Waals surface area contributed by atoms with Crippen LogP contribution in [0.3, 0.4) is 0 Å². The molecule has 10 heteroatoms. The SMILES string of the molecule is CCC(C(=O)NC(C)(C)C)N(Cc1ccccc1C)C(=O)CN(c1ccc2c(c1)OCCO2)S(=O)(=O)c1ccccc1. The van der Waals surface area contributed by atoms with Crippen molar-refractivity contribution >= 4 is 27.5 Å². The summed E-state index contributed by atoms with van der Waals surface area (Å²) in [5, 5.41) is 2.99. The van der Waals surface area contributed by atoms with E-state index in [2.05, 4.69) is 5.32 Å². The summed E-state index contributed by atoms with van der Waals surface area (Å²) in [6.07, 6.45) is 0.342. The molecule has 3 aromatic rings. The van der Waals surface area contributed by atoms with Gasteiger partial charge in [0, 0.05) is 18.2 Å². The Bertz CT molecular complexity index is 1520. The number of fused-ring (bicyclic) bond motifs is 1. The molecule has 1 aliphatic heterocycles. The first-order chi connectivity index (χ1) is 19.9. The number of nitrogens with zero attached hydrogens (tertiary/aromatic N) is 2. The molecule has 3 aromatic carbocycles. The summed E-state index contributed by atoms with van der Waals surface area (Å²) in [5.74, 6) is 0.0824. The Morgan fingerprint density at radius 1 is 0.929 bits per heavy atom. The molecule has 0 spiro atoms. The monoisotopic (exact) mass is 593 g/mol. The van der Waals surface area contributed by atoms with Crippen molar-refractivity contribution in [1.82, 2.24) is 10.2 Å². The number of carbonyl (C=O) groups is 2. The number of hydrogen-bond acceptors (Lipinski definition) is 6. The fraction of sp³-hybridized carbons (Fsp3) is 0.375. The summed E-state index contributed by atoms with van der Waals surface area (Å²) in [4.78, 5) is 29.3. The largest absolute Gasteiger partial charge is 0.486 e. The van der Waals surface area contributed by atoms with E-state index in [1.54, 1.807) is 36.4 Å². The smallest absolute Gasteiger partial charge is 0.264 e. The van der Waals surface area contributed by atoms with Gasteiger partial charge in [-0.25, -0.2) is 8.42 Å². The van der Waals surface area contributed by atoms with E-state index >= 15 is 0 Å². The van der Waals surface area contributed by atoms with Crippen LogP contribution in [-0.4, -0.2) is 56.5 Å². The minimum atomic E-state index is -4.18. The van der Waals surface area contributed by atoms with E-state index in [4.69, 9.17) is 9.47 Å². The third-order valence-corrected chi connectivity index (χ3v) is 8.70. The van der Waals surface area contributed by atoms with Crippen molar-refractivity contribution in [3.63, 3.8) is 0 Å². The number of sulfonamides is 1. The molecule has 0 radical (unpaired) electrons. The average Bonchev–Trinajstić information content (AvgIpc) is 2.96. The molecule has 1 atom stereocenters. The predicted molar refractivity (Wildman–Crippen MR) is 162 cm³/mol. The van der Waals surface area contributed by atoms with Gasteiger partial charge in [0.05, 0.1) is 10.6 Å². The zero-order valence-corrected chi connectivity index (χ0v) is 25.6. The summed E-state index contributed by atoms with van der Waals surface area (Å²) in [7, 11) is -4.18. The number of nitrogens with one attached hydrogen (secondary N) is 1. The molecule has 1 heterocycles. The van der Waals surface area contributed by atoms with Crippen LogP contribution in [0.2, 0.25) is 0 Å². The second-order valence-electron chi connectivity index (χ2n) is 11.3. The van der Waals surface area contributed by atoms with Gasteiger partial charge in [-0.15, -0.1) is 0 Å². The van der Waals surface area contributed by atoms with Crippen molar-refractivity contribution in [3.8, 4) is 11.5 Å². The van der Waals surface area contributed by atoms with E-state index in [0.717, 1.165) is 15.4 Å². The maximum atomic E-state index is 14.3. The second-order valence-corrected chi connectivity index (χ2v) is 13.1. The fourth-order valence-electron chi connectivity index (χ4n) is 4.78. The van der Waals surface area contributed by atoms with E-state index in [-0.39, 0.29) is 23.0 Å². The third kappa shape index (κ3) is 7.23. The highest BCUT2D eigenvalue weighted by Crippen LogP contribution is 2.36. The van der Waals surface area contributed by atoms with Crippen LogP contribution in [0.5, 0.6) is 11.5 Å². The number of amides is 2. The van der Waals surface area contributed by atoms with Crippen molar-refractivity contribution in [2.45, 2.75) is 64.1 Å². The van der Waals surface area contributed by atoms with Crippen LogP contribution in [0.4, 0.5) is 5.69 Å². The number of benzene rings is 3. The van der Waals surface area contributed by atoms with Gasteiger partial charge in [-0.2, -0.15) is 0 Å². The normalized spacial score (nSPS) is 13.6. The van der Waals surface area contributed by atoms with E-state index in [9.17, 15) is 18.0 Å². The molecule has 0 aromatic heterocycles. The summed E-state index contributed by atoms with van der Waals surface area (Å²) in [5.41, 5.74) is 1.56. The van der Waals surface area contributed by atoms with Crippen molar-refractivity contribution in [3.05, 3.63) is 83.9 Å². The van der Waals surface area contributed by atoms with Crippen LogP contribution in [0.25, 0.3) is 0 Å². The summed E-state index contributed by atoms with van der Waals surface area (Å²) < 4.78 is 40.5. The van der Waals surface area contributed by atoms with E-state index < -0.39 is 34.1 Å². The number of rotatable bonds is 10. The predicted octanol–water partition coefficient (Wildman–Crippen LogP) is 4.68. The Morgan fingerprint density at radius 2 is 1.57 bits per heavy atom. The highest BCUT2D eigenvalue weighted by molar-refractivity contribution is 7.92. The van der Waals surface area contributed by atoms with E-state index in [1.807, 2.05) is 58.9 Å². The molecule has 42 heavy (non-hydrogen) atoms. The molecule has 0 saturated heterocycles. The Hall–Kier alpha value is -4.05. The molecule has 9 nitrogen and oxygen atoms in total. The quantitative estimate of drug-likeness (QED) is 0.366. The minimum Gasteiger partial charge on any atom is -0.486 e. The van der Waals surface area contributed by atoms with Gasteiger partial charge in [0.25, 0.3) is 10.0 Å². The molecule has 0 bridgehead atoms. The topological polar surface area (TPSA) is 105 Å². The molecule has 2 amide bonds. The summed E-state index contributed by atoms with van der Waals surface area (Å²) >= 11 is 0. The zero-order valence-electron chi connectivity index (χ0n) is 24.8. The molecule has 4 rings (SSSR count). The maximum Gasteiger partial charge on any atom is 0.264 e. The van der Waals surface area contributed by atoms with Crippen LogP contribution in [0, 0.1) is 6.92 Å². The number of carbonyl (C=O) groups excluding carboxylic acids is 2. The second kappa shape index (κ2) is 12.9. The van der Waals surface area contributed by atoms with Gasteiger partial charge in [0.2, 0.25) is 11.8 Å². The summed E-state index contributed by atoms with van der Waals surface area (Å²) in [6.45, 7) is 9.74. The fourth-order valence-corrected chi connectivity index (χ4v) is 6.21. The first-order valence-corrected chi connectivity index (χ1v) is 15.5. The van der Waals surface area contributed by atoms with E-state index in [0.29, 0.717) is 31.1 Å². The van der Waals surface area contributed by atoms with Crippen LogP contribution in [0.1, 0.15) is 45.2 Å². The summed E-state index contributed by atoms with van der Waals surface area (Å²) in [6, 6.07) is 19.6. The minimum absolute atomic E-state index is 0.0376. The van der Waals surface area contributed by atoms with Crippen molar-refractivity contribution in [2.75, 3.05) is 24.1 Å². The lowest BCUT2D eigenvalue weighted by Gasteiger charge is -2.35. The standard InChI is InChI=1S/C32H39N3O6S/c1-6-27(31(37)33-32(3,4)5)34(21-24-13-11-10-12-23(24)2)30(36)22-35(42(38,39)26-14-8-7-9-15-26)25-16-17-28-29(20-25)41-19-18-40-28/h7-17,20,27H,6,18-19,21-22H2,1-5H3,(H,33,37). The van der Waals surface area contributed by atoms with Gasteiger partial charge in [-0.1, -0.05) is 49.4 Å². The lowest BCUT2D eigenvalue weighted by atomic mass is 10.0. The van der Waals surface area contributed by atoms with Gasteiger partial charge < -0.3 is 19.7 Å². The van der Waals surface area contributed by atoms with Gasteiger partial charge in [-0.3, -0.25) is 13.9 Å². The van der Waals surface area contributed by atoms with Gasteiger partial charge in [0.1, 0.15) is 25.8 Å². The molecular weight excluding hydrogens is 554 g/mol. The number of anilines is 1. The third-order valence-electron chi connectivity index (χ3n) is 6.91. The number of ether oxygens (including phenoxy) is 2. The van der Waals surface area contributed by atoms with Gasteiger partial charge in [-0.05, 0) is 69.5 Å². The molecule has 0 aliphatic carbocycles. The highest BCUT2D eigenvalue weighted by Gasteiger charge is 2.35. The Balaban J connectivity index is 1.77. The molecule has 0 fully saturated rings. The molecule has 224 valence electrons. The van der Waals surface area contributed by atoms with Gasteiger partial charge in [0.15, 0.2) is 11.5 Å². The molecule has 0 saturated carbocycles. The Kier molecular flexibility index (Phi) is 9.46. The van der Waals surface area contributed by atoms with Crippen molar-refractivity contribution < 1.29 is 27.5 Å². The zero-order chi connectivity index (χ0) is 30.5. The molecular formula is C32H39N3O6S. The van der Waals surface area contributed by atoms with Crippen LogP contribution in [-0.2, 0) is 26.2 Å². The maximum absolute atomic E-state index is 14.3. The lowest BCUT2D eigenvalue weighted by molar-refractivity contribution is -0.141. The van der Waals surface area contributed by atoms with Crippen molar-refractivity contribution in [1.29, 1.82) is 0 Å². The first kappa shape index (κ1) is 30.9. The molecule has 1 aliphatic rings. The van der Waals surface area contributed by atoms with Crippen molar-refractivity contribution in [2.24, 2.45) is 0 Å². The molecule has 1 N–H and O–H groups in total. The first-order valence-electron chi connectivity index (χ1n) is 14.0. The van der Waals surface area contributed by atoms with E-state index in [1.165, 1.54) is 17.0 Å². The Morgan fingerprint density at radius 3 is 2.21 bits per heavy atom. The number of hydrogen-bond donors (Lipinski definition) is 1. The van der Waals surface area contributed by atoms with Crippen LogP contribution >= 0.6 is 0 Å². The highest BCUT2D eigenvalue weighted by atomic mass is 32.2. The van der Waals surface area contributed by atoms with Crippen LogP contribution < -0.4 is 19.1 Å². The Labute approximate surface area is 248 Å². The van der Waals surface area contributed by atoms with Gasteiger partial charge >= 0.3 is 0 Å². The average molecular weight is 594 g/mol. The molecule has 1 unspecified atom stereocenters.